The molecule has 0 saturated heterocycles. The molecule has 0 amide bonds. The van der Waals surface area contributed by atoms with E-state index in [1.807, 2.05) is 12.1 Å². The van der Waals surface area contributed by atoms with E-state index in [1.165, 1.54) is 18.4 Å². The second-order valence-electron chi connectivity index (χ2n) is 5.60. The van der Waals surface area contributed by atoms with Gasteiger partial charge in [-0.1, -0.05) is 51.0 Å². The van der Waals surface area contributed by atoms with Crippen LogP contribution in [-0.2, 0) is 6.42 Å². The van der Waals surface area contributed by atoms with Crippen molar-refractivity contribution in [2.24, 2.45) is 11.8 Å². The summed E-state index contributed by atoms with van der Waals surface area (Å²) in [5, 5.41) is 0. The summed E-state index contributed by atoms with van der Waals surface area (Å²) >= 11 is 0. The molecule has 0 bridgehead atoms. The Labute approximate surface area is 111 Å². The van der Waals surface area contributed by atoms with Gasteiger partial charge in [-0.25, -0.2) is 0 Å². The maximum atomic E-state index is 12.4. The third-order valence-electron chi connectivity index (χ3n) is 4.27. The van der Waals surface area contributed by atoms with E-state index in [1.54, 1.807) is 0 Å². The summed E-state index contributed by atoms with van der Waals surface area (Å²) in [5.74, 6) is 1.43. The van der Waals surface area contributed by atoms with Crippen LogP contribution in [0.4, 0.5) is 0 Å². The van der Waals surface area contributed by atoms with Gasteiger partial charge in [0, 0.05) is 11.5 Å². The summed E-state index contributed by atoms with van der Waals surface area (Å²) < 4.78 is 0. The first-order valence-corrected chi connectivity index (χ1v) is 7.37. The molecule has 1 aromatic carbocycles. The fourth-order valence-corrected chi connectivity index (χ4v) is 3.04. The van der Waals surface area contributed by atoms with Crippen LogP contribution in [0, 0.1) is 11.8 Å². The highest BCUT2D eigenvalue weighted by molar-refractivity contribution is 5.98. The highest BCUT2D eigenvalue weighted by Gasteiger charge is 2.29. The molecule has 0 heterocycles. The number of rotatable bonds is 5. The van der Waals surface area contributed by atoms with Gasteiger partial charge in [0.05, 0.1) is 0 Å². The summed E-state index contributed by atoms with van der Waals surface area (Å²) in [5.41, 5.74) is 2.25. The van der Waals surface area contributed by atoms with Gasteiger partial charge in [-0.3, -0.25) is 4.79 Å². The molecular weight excluding hydrogens is 220 g/mol. The van der Waals surface area contributed by atoms with Crippen molar-refractivity contribution in [1.29, 1.82) is 0 Å². The van der Waals surface area contributed by atoms with E-state index in [-0.39, 0.29) is 5.92 Å². The third kappa shape index (κ3) is 3.01. The predicted molar refractivity (Wildman–Crippen MR) is 75.9 cm³/mol. The van der Waals surface area contributed by atoms with Crippen LogP contribution >= 0.6 is 0 Å². The van der Waals surface area contributed by atoms with Gasteiger partial charge in [0.15, 0.2) is 5.78 Å². The number of Topliss-reactive ketones (excluding diaryl/α,β-unsaturated/α-hetero) is 1. The van der Waals surface area contributed by atoms with Crippen molar-refractivity contribution in [3.63, 3.8) is 0 Å². The minimum absolute atomic E-state index is 0.284. The Bertz CT molecular complexity index is 391. The van der Waals surface area contributed by atoms with Crippen molar-refractivity contribution in [1.82, 2.24) is 0 Å². The Morgan fingerprint density at radius 1 is 1.17 bits per heavy atom. The van der Waals surface area contributed by atoms with Gasteiger partial charge in [-0.05, 0) is 37.2 Å². The summed E-state index contributed by atoms with van der Waals surface area (Å²) in [4.78, 5) is 12.4. The van der Waals surface area contributed by atoms with Gasteiger partial charge in [0.1, 0.15) is 0 Å². The van der Waals surface area contributed by atoms with Crippen LogP contribution < -0.4 is 0 Å². The van der Waals surface area contributed by atoms with Crippen LogP contribution in [0.2, 0.25) is 0 Å². The first-order valence-electron chi connectivity index (χ1n) is 7.37. The van der Waals surface area contributed by atoms with E-state index in [0.29, 0.717) is 5.78 Å². The molecule has 1 aliphatic rings. The Morgan fingerprint density at radius 3 is 2.44 bits per heavy atom. The van der Waals surface area contributed by atoms with E-state index < -0.39 is 0 Å². The standard InChI is InChI=1S/C17H24O/c1-3-5-14-7-9-15(10-8-14)17(18)16-11-6-13(4-2)12-16/h7-10,13,16H,3-6,11-12H2,1-2H3. The molecule has 0 spiro atoms. The van der Waals surface area contributed by atoms with Crippen LogP contribution in [0.3, 0.4) is 0 Å². The molecule has 2 rings (SSSR count). The molecule has 1 heteroatoms. The quantitative estimate of drug-likeness (QED) is 0.689. The lowest BCUT2D eigenvalue weighted by molar-refractivity contribution is 0.0920. The number of ketones is 1. The van der Waals surface area contributed by atoms with E-state index in [4.69, 9.17) is 0 Å². The fourth-order valence-electron chi connectivity index (χ4n) is 3.04. The molecule has 1 aromatic rings. The molecule has 2 atom stereocenters. The van der Waals surface area contributed by atoms with Crippen LogP contribution in [0.1, 0.15) is 61.9 Å². The molecule has 0 aromatic heterocycles. The van der Waals surface area contributed by atoms with Crippen molar-refractivity contribution in [2.45, 2.75) is 52.4 Å². The SMILES string of the molecule is CCCc1ccc(C(=O)C2CCC(CC)C2)cc1. The Kier molecular flexibility index (Phi) is 4.57. The lowest BCUT2D eigenvalue weighted by Gasteiger charge is -2.10. The van der Waals surface area contributed by atoms with Crippen LogP contribution in [-0.4, -0.2) is 5.78 Å². The van der Waals surface area contributed by atoms with Crippen molar-refractivity contribution in [3.05, 3.63) is 35.4 Å². The number of carbonyl (C=O) groups excluding carboxylic acids is 1. The average molecular weight is 244 g/mol. The molecule has 1 nitrogen and oxygen atoms in total. The molecule has 1 aliphatic carbocycles. The van der Waals surface area contributed by atoms with Crippen molar-refractivity contribution in [2.75, 3.05) is 0 Å². The summed E-state index contributed by atoms with van der Waals surface area (Å²) in [6, 6.07) is 8.27. The molecule has 0 N–H and O–H groups in total. The first-order chi connectivity index (χ1) is 8.74. The van der Waals surface area contributed by atoms with Crippen molar-refractivity contribution >= 4 is 5.78 Å². The molecule has 98 valence electrons. The normalized spacial score (nSPS) is 23.2. The minimum Gasteiger partial charge on any atom is -0.294 e. The molecule has 2 unspecified atom stereocenters. The van der Waals surface area contributed by atoms with Gasteiger partial charge < -0.3 is 0 Å². The number of aryl methyl sites for hydroxylation is 1. The number of carbonyl (C=O) groups is 1. The van der Waals surface area contributed by atoms with Gasteiger partial charge >= 0.3 is 0 Å². The molecule has 0 radical (unpaired) electrons. The molecule has 0 aliphatic heterocycles. The zero-order chi connectivity index (χ0) is 13.0. The summed E-state index contributed by atoms with van der Waals surface area (Å²) in [6.07, 6.45) is 6.92. The zero-order valence-corrected chi connectivity index (χ0v) is 11.6. The van der Waals surface area contributed by atoms with Gasteiger partial charge in [0.25, 0.3) is 0 Å². The number of benzene rings is 1. The van der Waals surface area contributed by atoms with E-state index in [0.717, 1.165) is 37.2 Å². The lowest BCUT2D eigenvalue weighted by atomic mass is 9.94. The second kappa shape index (κ2) is 6.17. The smallest absolute Gasteiger partial charge is 0.165 e. The highest BCUT2D eigenvalue weighted by atomic mass is 16.1. The number of hydrogen-bond acceptors (Lipinski definition) is 1. The van der Waals surface area contributed by atoms with E-state index in [9.17, 15) is 4.79 Å². The maximum absolute atomic E-state index is 12.4. The molecular formula is C17H24O. The minimum atomic E-state index is 0.284. The average Bonchev–Trinajstić information content (AvgIpc) is 2.88. The maximum Gasteiger partial charge on any atom is 0.165 e. The van der Waals surface area contributed by atoms with Crippen LogP contribution in [0.25, 0.3) is 0 Å². The van der Waals surface area contributed by atoms with E-state index >= 15 is 0 Å². The van der Waals surface area contributed by atoms with E-state index in [2.05, 4.69) is 26.0 Å². The zero-order valence-electron chi connectivity index (χ0n) is 11.6. The van der Waals surface area contributed by atoms with Gasteiger partial charge in [-0.2, -0.15) is 0 Å². The third-order valence-corrected chi connectivity index (χ3v) is 4.27. The second-order valence-corrected chi connectivity index (χ2v) is 5.60. The largest absolute Gasteiger partial charge is 0.294 e. The molecule has 1 saturated carbocycles. The monoisotopic (exact) mass is 244 g/mol. The number of hydrogen-bond donors (Lipinski definition) is 0. The fraction of sp³-hybridized carbons (Fsp3) is 0.588. The van der Waals surface area contributed by atoms with Gasteiger partial charge in [0.2, 0.25) is 0 Å². The Hall–Kier alpha value is -1.11. The lowest BCUT2D eigenvalue weighted by Crippen LogP contribution is -2.11. The molecule has 1 fully saturated rings. The highest BCUT2D eigenvalue weighted by Crippen LogP contribution is 2.34. The van der Waals surface area contributed by atoms with Crippen LogP contribution in [0.5, 0.6) is 0 Å². The summed E-state index contributed by atoms with van der Waals surface area (Å²) in [7, 11) is 0. The van der Waals surface area contributed by atoms with Gasteiger partial charge in [-0.15, -0.1) is 0 Å². The predicted octanol–water partition coefficient (Wildman–Crippen LogP) is 4.65. The Morgan fingerprint density at radius 2 is 1.89 bits per heavy atom. The van der Waals surface area contributed by atoms with Crippen molar-refractivity contribution in [3.8, 4) is 0 Å². The Balaban J connectivity index is 2.00. The van der Waals surface area contributed by atoms with Crippen LogP contribution in [0.15, 0.2) is 24.3 Å². The topological polar surface area (TPSA) is 17.1 Å². The van der Waals surface area contributed by atoms with Crippen molar-refractivity contribution < 1.29 is 4.79 Å². The summed E-state index contributed by atoms with van der Waals surface area (Å²) in [6.45, 7) is 4.42. The molecule has 18 heavy (non-hydrogen) atoms. The first kappa shape index (κ1) is 13.3.